The van der Waals surface area contributed by atoms with Crippen molar-refractivity contribution in [2.24, 2.45) is 0 Å². The van der Waals surface area contributed by atoms with Crippen molar-refractivity contribution in [1.29, 1.82) is 0 Å². The Morgan fingerprint density at radius 3 is 3.00 bits per heavy atom. The van der Waals surface area contributed by atoms with Crippen LogP contribution in [0.1, 0.15) is 11.6 Å². The van der Waals surface area contributed by atoms with Gasteiger partial charge in [-0.2, -0.15) is 0 Å². The number of hydrogen-bond acceptors (Lipinski definition) is 4. The van der Waals surface area contributed by atoms with Gasteiger partial charge < -0.3 is 15.6 Å². The molecule has 3 N–H and O–H groups in total. The first kappa shape index (κ1) is 12.5. The minimum absolute atomic E-state index is 0.0614. The fourth-order valence-electron chi connectivity index (χ4n) is 2.04. The number of hydrogen-bond donors (Lipinski definition) is 3. The third-order valence-corrected chi connectivity index (χ3v) is 4.30. The largest absolute Gasteiger partial charge is 0.339 e. The number of likely N-dealkylation sites (N-methyl/N-ethyl adjacent to an activating group) is 1. The number of imidazole rings is 1. The number of rotatable bonds is 3. The molecule has 3 rings (SSSR count). The molecule has 0 saturated heterocycles. The monoisotopic (exact) mass is 294 g/mol. The van der Waals surface area contributed by atoms with Gasteiger partial charge in [-0.05, 0) is 19.2 Å². The van der Waals surface area contributed by atoms with Crippen molar-refractivity contribution in [1.82, 2.24) is 15.3 Å². The zero-order chi connectivity index (χ0) is 13.4. The van der Waals surface area contributed by atoms with E-state index in [0.717, 1.165) is 21.3 Å². The van der Waals surface area contributed by atoms with Crippen LogP contribution in [-0.4, -0.2) is 22.9 Å². The lowest BCUT2D eigenvalue weighted by molar-refractivity contribution is -0.117. The van der Waals surface area contributed by atoms with Gasteiger partial charge in [0.15, 0.2) is 5.16 Å². The standard InChI is InChI=1S/C12H11ClN4OS/c1-14-10-6-4-7(13)9(5-8(6)17-11(10)18)19-12-15-2-3-16-12/h2-5,10,14H,1H3,(H,15,16)(H,17,18). The van der Waals surface area contributed by atoms with Crippen molar-refractivity contribution in [3.8, 4) is 0 Å². The lowest BCUT2D eigenvalue weighted by Gasteiger charge is -2.09. The minimum atomic E-state index is -0.338. The molecule has 1 unspecified atom stereocenters. The van der Waals surface area contributed by atoms with Crippen molar-refractivity contribution < 1.29 is 4.79 Å². The lowest BCUT2D eigenvalue weighted by atomic mass is 10.1. The Kier molecular flexibility index (Phi) is 3.22. The fourth-order valence-corrected chi connectivity index (χ4v) is 3.11. The molecule has 7 heteroatoms. The van der Waals surface area contributed by atoms with Crippen LogP contribution in [0.15, 0.2) is 34.6 Å². The Hall–Kier alpha value is -1.50. The molecule has 1 aromatic carbocycles. The molecule has 1 atom stereocenters. The molecule has 19 heavy (non-hydrogen) atoms. The van der Waals surface area contributed by atoms with E-state index < -0.39 is 0 Å². The number of H-pyrrole nitrogens is 1. The lowest BCUT2D eigenvalue weighted by Crippen LogP contribution is -2.23. The highest BCUT2D eigenvalue weighted by molar-refractivity contribution is 7.99. The van der Waals surface area contributed by atoms with Crippen LogP contribution in [0.3, 0.4) is 0 Å². The zero-order valence-corrected chi connectivity index (χ0v) is 11.6. The van der Waals surface area contributed by atoms with E-state index in [2.05, 4.69) is 20.6 Å². The second-order valence-corrected chi connectivity index (χ2v) is 5.52. The second-order valence-electron chi connectivity index (χ2n) is 4.08. The predicted molar refractivity (Wildman–Crippen MR) is 74.6 cm³/mol. The average Bonchev–Trinajstić information content (AvgIpc) is 2.97. The molecule has 0 radical (unpaired) electrons. The molecule has 5 nitrogen and oxygen atoms in total. The van der Waals surface area contributed by atoms with E-state index in [0.29, 0.717) is 5.02 Å². The van der Waals surface area contributed by atoms with Gasteiger partial charge in [-0.3, -0.25) is 4.79 Å². The Morgan fingerprint density at radius 1 is 1.47 bits per heavy atom. The third kappa shape index (κ3) is 2.22. The molecule has 0 aliphatic carbocycles. The normalized spacial score (nSPS) is 17.4. The van der Waals surface area contributed by atoms with E-state index in [-0.39, 0.29) is 11.9 Å². The maximum atomic E-state index is 11.8. The molecule has 0 fully saturated rings. The molecule has 98 valence electrons. The number of nitrogens with one attached hydrogen (secondary N) is 3. The number of fused-ring (bicyclic) bond motifs is 1. The molecule has 1 amide bonds. The average molecular weight is 295 g/mol. The molecule has 1 aliphatic heterocycles. The zero-order valence-electron chi connectivity index (χ0n) is 10.0. The number of nitrogens with zero attached hydrogens (tertiary/aromatic N) is 1. The van der Waals surface area contributed by atoms with Crippen molar-refractivity contribution in [3.63, 3.8) is 0 Å². The van der Waals surface area contributed by atoms with Crippen LogP contribution in [0.4, 0.5) is 5.69 Å². The van der Waals surface area contributed by atoms with Crippen LogP contribution in [0.25, 0.3) is 0 Å². The maximum Gasteiger partial charge on any atom is 0.246 e. The molecule has 0 bridgehead atoms. The number of carbonyl (C=O) groups excluding carboxylic acids is 1. The van der Waals surface area contributed by atoms with E-state index in [1.807, 2.05) is 12.1 Å². The number of amides is 1. The fraction of sp³-hybridized carbons (Fsp3) is 0.167. The Morgan fingerprint density at radius 2 is 2.32 bits per heavy atom. The van der Waals surface area contributed by atoms with Gasteiger partial charge in [0, 0.05) is 28.5 Å². The Balaban J connectivity index is 1.97. The molecule has 0 spiro atoms. The molecule has 1 aromatic heterocycles. The van der Waals surface area contributed by atoms with Gasteiger partial charge >= 0.3 is 0 Å². The molecule has 2 heterocycles. The molecule has 1 aliphatic rings. The summed E-state index contributed by atoms with van der Waals surface area (Å²) in [7, 11) is 1.75. The van der Waals surface area contributed by atoms with Gasteiger partial charge in [0.05, 0.1) is 5.02 Å². The van der Waals surface area contributed by atoms with Crippen LogP contribution < -0.4 is 10.6 Å². The van der Waals surface area contributed by atoms with Crippen molar-refractivity contribution in [2.45, 2.75) is 16.1 Å². The number of aromatic amines is 1. The molecular formula is C12H11ClN4OS. The summed E-state index contributed by atoms with van der Waals surface area (Å²) >= 11 is 7.69. The number of benzene rings is 1. The summed E-state index contributed by atoms with van der Waals surface area (Å²) in [5.41, 5.74) is 1.67. The number of carbonyl (C=O) groups is 1. The van der Waals surface area contributed by atoms with Gasteiger partial charge in [0.1, 0.15) is 6.04 Å². The summed E-state index contributed by atoms with van der Waals surface area (Å²) in [5.74, 6) is -0.0614. The third-order valence-electron chi connectivity index (χ3n) is 2.90. The van der Waals surface area contributed by atoms with E-state index in [1.54, 1.807) is 19.4 Å². The molecule has 2 aromatic rings. The molecule has 0 saturated carbocycles. The van der Waals surface area contributed by atoms with E-state index in [4.69, 9.17) is 11.6 Å². The van der Waals surface area contributed by atoms with Gasteiger partial charge in [-0.25, -0.2) is 4.98 Å². The maximum absolute atomic E-state index is 11.8. The predicted octanol–water partition coefficient (Wildman–Crippen LogP) is 2.43. The SMILES string of the molecule is CNC1C(=O)Nc2cc(Sc3ncc[nH]3)c(Cl)cc21. The Bertz CT molecular complexity index is 629. The minimum Gasteiger partial charge on any atom is -0.339 e. The quantitative estimate of drug-likeness (QED) is 0.813. The van der Waals surface area contributed by atoms with Gasteiger partial charge in [0.25, 0.3) is 0 Å². The van der Waals surface area contributed by atoms with Crippen LogP contribution in [0, 0.1) is 0 Å². The highest BCUT2D eigenvalue weighted by atomic mass is 35.5. The number of anilines is 1. The van der Waals surface area contributed by atoms with Crippen LogP contribution in [0.5, 0.6) is 0 Å². The molecular weight excluding hydrogens is 284 g/mol. The van der Waals surface area contributed by atoms with Gasteiger partial charge in [0.2, 0.25) is 5.91 Å². The van der Waals surface area contributed by atoms with E-state index >= 15 is 0 Å². The first-order valence-electron chi connectivity index (χ1n) is 5.68. The summed E-state index contributed by atoms with van der Waals surface area (Å²) in [6.07, 6.45) is 3.44. The first-order chi connectivity index (χ1) is 9.19. The summed E-state index contributed by atoms with van der Waals surface area (Å²) < 4.78 is 0. The van der Waals surface area contributed by atoms with Crippen molar-refractivity contribution >= 4 is 35.0 Å². The van der Waals surface area contributed by atoms with E-state index in [1.165, 1.54) is 11.8 Å². The van der Waals surface area contributed by atoms with E-state index in [9.17, 15) is 4.79 Å². The van der Waals surface area contributed by atoms with Gasteiger partial charge in [-0.1, -0.05) is 23.4 Å². The van der Waals surface area contributed by atoms with Crippen LogP contribution in [0.2, 0.25) is 5.02 Å². The smallest absolute Gasteiger partial charge is 0.246 e. The second kappa shape index (κ2) is 4.88. The van der Waals surface area contributed by atoms with Crippen molar-refractivity contribution in [3.05, 3.63) is 35.1 Å². The number of halogens is 1. The topological polar surface area (TPSA) is 69.8 Å². The summed E-state index contributed by atoms with van der Waals surface area (Å²) in [5, 5.41) is 7.18. The highest BCUT2D eigenvalue weighted by Crippen LogP contribution is 2.40. The summed E-state index contributed by atoms with van der Waals surface area (Å²) in [6, 6.07) is 3.36. The van der Waals surface area contributed by atoms with Crippen LogP contribution in [-0.2, 0) is 4.79 Å². The Labute approximate surface area is 119 Å². The summed E-state index contributed by atoms with van der Waals surface area (Å²) in [6.45, 7) is 0. The van der Waals surface area contributed by atoms with Crippen molar-refractivity contribution in [2.75, 3.05) is 12.4 Å². The number of aromatic nitrogens is 2. The van der Waals surface area contributed by atoms with Gasteiger partial charge in [-0.15, -0.1) is 0 Å². The van der Waals surface area contributed by atoms with Crippen LogP contribution >= 0.6 is 23.4 Å². The summed E-state index contributed by atoms with van der Waals surface area (Å²) in [4.78, 5) is 19.8. The highest BCUT2D eigenvalue weighted by Gasteiger charge is 2.30. The first-order valence-corrected chi connectivity index (χ1v) is 6.87.